The van der Waals surface area contributed by atoms with Crippen molar-refractivity contribution in [2.45, 2.75) is 37.8 Å². The Morgan fingerprint density at radius 3 is 2.68 bits per heavy atom. The van der Waals surface area contributed by atoms with Crippen molar-refractivity contribution in [3.63, 3.8) is 0 Å². The van der Waals surface area contributed by atoms with Gasteiger partial charge in [-0.05, 0) is 61.3 Å². The fourth-order valence-electron chi connectivity index (χ4n) is 2.75. The molecule has 0 saturated carbocycles. The molecule has 2 atom stereocenters. The molecule has 2 rings (SSSR count). The van der Waals surface area contributed by atoms with E-state index in [9.17, 15) is 8.78 Å². The summed E-state index contributed by atoms with van der Waals surface area (Å²) in [4.78, 5) is 0. The molecular weight excluding hydrogens is 316 g/mol. The maximum Gasteiger partial charge on any atom is 0.145 e. The first kappa shape index (κ1) is 14.9. The summed E-state index contributed by atoms with van der Waals surface area (Å²) in [5, 5.41) is 3.01. The first-order chi connectivity index (χ1) is 8.99. The molecule has 1 aromatic carbocycles. The van der Waals surface area contributed by atoms with Crippen LogP contribution in [0.15, 0.2) is 16.6 Å². The summed E-state index contributed by atoms with van der Waals surface area (Å²) in [5.74, 6) is -1.11. The number of ether oxygens (including phenoxy) is 1. The molecular formula is C14H18BrF2NO. The molecule has 1 aliphatic heterocycles. The van der Waals surface area contributed by atoms with Crippen LogP contribution in [-0.4, -0.2) is 19.3 Å². The third-order valence-electron chi connectivity index (χ3n) is 3.77. The number of likely N-dealkylation sites (N-methyl/N-ethyl adjacent to an activating group) is 1. The van der Waals surface area contributed by atoms with E-state index in [4.69, 9.17) is 4.74 Å². The van der Waals surface area contributed by atoms with E-state index in [1.54, 1.807) is 7.05 Å². The fourth-order valence-corrected chi connectivity index (χ4v) is 3.09. The predicted molar refractivity (Wildman–Crippen MR) is 74.1 cm³/mol. The van der Waals surface area contributed by atoms with E-state index in [0.717, 1.165) is 19.3 Å². The molecule has 1 aromatic rings. The van der Waals surface area contributed by atoms with Crippen LogP contribution >= 0.6 is 15.9 Å². The summed E-state index contributed by atoms with van der Waals surface area (Å²) < 4.78 is 34.4. The van der Waals surface area contributed by atoms with Gasteiger partial charge in [-0.1, -0.05) is 0 Å². The van der Waals surface area contributed by atoms with E-state index in [-0.39, 0.29) is 10.0 Å². The van der Waals surface area contributed by atoms with Gasteiger partial charge in [-0.25, -0.2) is 8.78 Å². The molecule has 0 radical (unpaired) electrons. The lowest BCUT2D eigenvalue weighted by molar-refractivity contribution is -0.0897. The van der Waals surface area contributed by atoms with E-state index in [1.807, 2.05) is 6.92 Å². The molecule has 0 spiro atoms. The molecule has 0 amide bonds. The smallest absolute Gasteiger partial charge is 0.145 e. The van der Waals surface area contributed by atoms with Gasteiger partial charge in [-0.2, -0.15) is 0 Å². The average molecular weight is 334 g/mol. The van der Waals surface area contributed by atoms with Gasteiger partial charge in [0, 0.05) is 12.2 Å². The standard InChI is InChI=1S/C14H18BrF2NO/c1-14(7-3-4-8-19-14)13(18-2)11-10(16)6-5-9(15)12(11)17/h5-6,13,18H,3-4,7-8H2,1-2H3. The van der Waals surface area contributed by atoms with Crippen LogP contribution in [0.25, 0.3) is 0 Å². The van der Waals surface area contributed by atoms with E-state index >= 15 is 0 Å². The summed E-state index contributed by atoms with van der Waals surface area (Å²) in [7, 11) is 1.70. The lowest BCUT2D eigenvalue weighted by Crippen LogP contribution is -2.45. The van der Waals surface area contributed by atoms with Gasteiger partial charge < -0.3 is 10.1 Å². The highest BCUT2D eigenvalue weighted by atomic mass is 79.9. The van der Waals surface area contributed by atoms with Crippen molar-refractivity contribution in [1.29, 1.82) is 0 Å². The number of rotatable bonds is 3. The highest BCUT2D eigenvalue weighted by Gasteiger charge is 2.40. The zero-order valence-corrected chi connectivity index (χ0v) is 12.7. The predicted octanol–water partition coefficient (Wildman–Crippen LogP) is 3.95. The Morgan fingerprint density at radius 1 is 1.37 bits per heavy atom. The van der Waals surface area contributed by atoms with Gasteiger partial charge in [0.2, 0.25) is 0 Å². The third-order valence-corrected chi connectivity index (χ3v) is 4.38. The molecule has 2 nitrogen and oxygen atoms in total. The number of benzene rings is 1. The lowest BCUT2D eigenvalue weighted by Gasteiger charge is -2.41. The van der Waals surface area contributed by atoms with Crippen LogP contribution in [0.5, 0.6) is 0 Å². The van der Waals surface area contributed by atoms with Gasteiger partial charge in [0.25, 0.3) is 0 Å². The molecule has 1 fully saturated rings. The topological polar surface area (TPSA) is 21.3 Å². The van der Waals surface area contributed by atoms with Crippen LogP contribution in [0.2, 0.25) is 0 Å². The first-order valence-electron chi connectivity index (χ1n) is 6.44. The van der Waals surface area contributed by atoms with Crippen LogP contribution in [0.1, 0.15) is 37.8 Å². The summed E-state index contributed by atoms with van der Waals surface area (Å²) in [6.07, 6.45) is 2.78. The minimum absolute atomic E-state index is 0.0428. The van der Waals surface area contributed by atoms with Crippen LogP contribution in [0.4, 0.5) is 8.78 Å². The molecule has 0 aliphatic carbocycles. The van der Waals surface area contributed by atoms with Crippen molar-refractivity contribution < 1.29 is 13.5 Å². The molecule has 2 unspecified atom stereocenters. The van der Waals surface area contributed by atoms with Gasteiger partial charge >= 0.3 is 0 Å². The van der Waals surface area contributed by atoms with Crippen LogP contribution in [-0.2, 0) is 4.74 Å². The highest BCUT2D eigenvalue weighted by Crippen LogP contribution is 2.39. The van der Waals surface area contributed by atoms with E-state index in [1.165, 1.54) is 12.1 Å². The van der Waals surface area contributed by atoms with Crippen LogP contribution < -0.4 is 5.32 Å². The molecule has 0 aromatic heterocycles. The van der Waals surface area contributed by atoms with Gasteiger partial charge in [0.05, 0.1) is 16.1 Å². The normalized spacial score (nSPS) is 25.3. The monoisotopic (exact) mass is 333 g/mol. The molecule has 106 valence electrons. The van der Waals surface area contributed by atoms with Gasteiger partial charge in [0.15, 0.2) is 0 Å². The Labute approximate surface area is 120 Å². The van der Waals surface area contributed by atoms with E-state index in [0.29, 0.717) is 6.61 Å². The molecule has 1 saturated heterocycles. The number of halogens is 3. The Kier molecular flexibility index (Phi) is 4.58. The Morgan fingerprint density at radius 2 is 2.11 bits per heavy atom. The molecule has 19 heavy (non-hydrogen) atoms. The molecule has 1 N–H and O–H groups in total. The van der Waals surface area contributed by atoms with Gasteiger partial charge in [0.1, 0.15) is 11.6 Å². The molecule has 1 aliphatic rings. The van der Waals surface area contributed by atoms with Crippen LogP contribution in [0, 0.1) is 11.6 Å². The second-order valence-corrected chi connectivity index (χ2v) is 5.95. The Bertz CT molecular complexity index is 461. The van der Waals surface area contributed by atoms with Crippen molar-refractivity contribution in [1.82, 2.24) is 5.32 Å². The summed E-state index contributed by atoms with van der Waals surface area (Å²) in [6, 6.07) is 2.15. The van der Waals surface area contributed by atoms with Gasteiger partial charge in [-0.3, -0.25) is 0 Å². The average Bonchev–Trinajstić information content (AvgIpc) is 2.40. The van der Waals surface area contributed by atoms with Crippen LogP contribution in [0.3, 0.4) is 0 Å². The SMILES string of the molecule is CNC(c1c(F)ccc(Br)c1F)C1(C)CCCCO1. The summed E-state index contributed by atoms with van der Waals surface area (Å²) >= 11 is 3.11. The summed E-state index contributed by atoms with van der Waals surface area (Å²) in [6.45, 7) is 2.54. The minimum Gasteiger partial charge on any atom is -0.373 e. The molecule has 1 heterocycles. The van der Waals surface area contributed by atoms with Crippen molar-refractivity contribution in [2.75, 3.05) is 13.7 Å². The number of hydrogen-bond donors (Lipinski definition) is 1. The van der Waals surface area contributed by atoms with Crippen molar-refractivity contribution in [3.05, 3.63) is 33.8 Å². The number of hydrogen-bond acceptors (Lipinski definition) is 2. The minimum atomic E-state index is -0.588. The fraction of sp³-hybridized carbons (Fsp3) is 0.571. The zero-order chi connectivity index (χ0) is 14.0. The maximum absolute atomic E-state index is 14.2. The molecule has 5 heteroatoms. The summed E-state index contributed by atoms with van der Waals surface area (Å²) in [5.41, 5.74) is -0.545. The third kappa shape index (κ3) is 2.83. The first-order valence-corrected chi connectivity index (χ1v) is 7.23. The highest BCUT2D eigenvalue weighted by molar-refractivity contribution is 9.10. The second-order valence-electron chi connectivity index (χ2n) is 5.10. The largest absolute Gasteiger partial charge is 0.373 e. The van der Waals surface area contributed by atoms with E-state index < -0.39 is 23.3 Å². The van der Waals surface area contributed by atoms with Crippen molar-refractivity contribution in [3.8, 4) is 0 Å². The van der Waals surface area contributed by atoms with E-state index in [2.05, 4.69) is 21.2 Å². The number of nitrogens with one attached hydrogen (secondary N) is 1. The molecule has 0 bridgehead atoms. The van der Waals surface area contributed by atoms with Crippen molar-refractivity contribution >= 4 is 15.9 Å². The zero-order valence-electron chi connectivity index (χ0n) is 11.1. The Hall–Kier alpha value is -0.520. The lowest BCUT2D eigenvalue weighted by atomic mass is 9.83. The van der Waals surface area contributed by atoms with Gasteiger partial charge in [-0.15, -0.1) is 0 Å². The van der Waals surface area contributed by atoms with Crippen molar-refractivity contribution in [2.24, 2.45) is 0 Å². The maximum atomic E-state index is 14.2. The Balaban J connectivity index is 2.44. The quantitative estimate of drug-likeness (QED) is 0.846. The second kappa shape index (κ2) is 5.85.